The Bertz CT molecular complexity index is 630. The predicted octanol–water partition coefficient (Wildman–Crippen LogP) is 1.45. The van der Waals surface area contributed by atoms with E-state index >= 15 is 0 Å². The molecule has 0 amide bonds. The van der Waals surface area contributed by atoms with E-state index in [1.54, 1.807) is 17.0 Å². The van der Waals surface area contributed by atoms with Crippen molar-refractivity contribution in [2.24, 2.45) is 5.73 Å². The van der Waals surface area contributed by atoms with Gasteiger partial charge in [0.15, 0.2) is 0 Å². The number of hydrogen-bond donors (Lipinski definition) is 2. The second kappa shape index (κ2) is 5.45. The summed E-state index contributed by atoms with van der Waals surface area (Å²) in [5, 5.41) is 1.60. The molecule has 0 aromatic carbocycles. The minimum absolute atomic E-state index is 0.270. The van der Waals surface area contributed by atoms with Gasteiger partial charge in [0.1, 0.15) is 0 Å². The molecule has 0 unspecified atom stereocenters. The molecule has 0 aliphatic heterocycles. The van der Waals surface area contributed by atoms with Crippen LogP contribution in [0.5, 0.6) is 0 Å². The van der Waals surface area contributed by atoms with E-state index in [-0.39, 0.29) is 11.4 Å². The summed E-state index contributed by atoms with van der Waals surface area (Å²) in [5.74, 6) is 0. The summed E-state index contributed by atoms with van der Waals surface area (Å²) in [6.45, 7) is 2.48. The molecule has 5 nitrogen and oxygen atoms in total. The van der Waals surface area contributed by atoms with Gasteiger partial charge in [0.2, 0.25) is 10.0 Å². The molecule has 98 valence electrons. The van der Waals surface area contributed by atoms with Gasteiger partial charge >= 0.3 is 0 Å². The van der Waals surface area contributed by atoms with Crippen LogP contribution in [0.1, 0.15) is 15.4 Å². The predicted molar refractivity (Wildman–Crippen MR) is 73.1 cm³/mol. The zero-order valence-corrected chi connectivity index (χ0v) is 12.2. The summed E-state index contributed by atoms with van der Waals surface area (Å²) in [5.41, 5.74) is 8.03. The third-order valence-corrected chi connectivity index (χ3v) is 5.83. The average molecular weight is 303 g/mol. The van der Waals surface area contributed by atoms with Gasteiger partial charge in [-0.05, 0) is 13.0 Å². The van der Waals surface area contributed by atoms with Gasteiger partial charge in [-0.3, -0.25) is 0 Å². The quantitative estimate of drug-likeness (QED) is 0.875. The minimum atomic E-state index is -3.46. The van der Waals surface area contributed by atoms with Gasteiger partial charge in [-0.25, -0.2) is 18.1 Å². The monoisotopic (exact) mass is 303 g/mol. The smallest absolute Gasteiger partial charge is 0.241 e. The first-order chi connectivity index (χ1) is 8.53. The van der Waals surface area contributed by atoms with Crippen molar-refractivity contribution < 1.29 is 8.42 Å². The molecule has 3 N–H and O–H groups in total. The second-order valence-electron chi connectivity index (χ2n) is 3.64. The molecule has 2 heterocycles. The van der Waals surface area contributed by atoms with Gasteiger partial charge in [-0.15, -0.1) is 22.7 Å². The summed E-state index contributed by atoms with van der Waals surface area (Å²) in [7, 11) is -3.46. The molecule has 0 aliphatic rings. The lowest BCUT2D eigenvalue weighted by atomic mass is 10.4. The first kappa shape index (κ1) is 13.6. The fraction of sp³-hybridized carbons (Fsp3) is 0.300. The van der Waals surface area contributed by atoms with Crippen LogP contribution in [0.25, 0.3) is 0 Å². The van der Waals surface area contributed by atoms with Crippen molar-refractivity contribution in [1.29, 1.82) is 0 Å². The Balaban J connectivity index is 2.10. The zero-order chi connectivity index (χ0) is 13.2. The Hall–Kier alpha value is -0.800. The summed E-state index contributed by atoms with van der Waals surface area (Å²) >= 11 is 2.79. The van der Waals surface area contributed by atoms with E-state index in [9.17, 15) is 8.42 Å². The third kappa shape index (κ3) is 2.96. The molecular weight excluding hydrogens is 290 g/mol. The van der Waals surface area contributed by atoms with Crippen LogP contribution in [0.15, 0.2) is 21.9 Å². The number of aryl methyl sites for hydroxylation is 1. The highest BCUT2D eigenvalue weighted by molar-refractivity contribution is 7.89. The van der Waals surface area contributed by atoms with Crippen LogP contribution in [-0.2, 0) is 23.1 Å². The van der Waals surface area contributed by atoms with Crippen LogP contribution in [0, 0.1) is 6.92 Å². The molecule has 0 fully saturated rings. The topological polar surface area (TPSA) is 85.1 Å². The normalized spacial score (nSPS) is 11.9. The van der Waals surface area contributed by atoms with E-state index in [4.69, 9.17) is 5.73 Å². The summed E-state index contributed by atoms with van der Waals surface area (Å²) in [4.78, 5) is 6.13. The second-order valence-corrected chi connectivity index (χ2v) is 7.34. The standard InChI is InChI=1S/C10H13N3O2S3/c1-7-10(17-6-12-7)4-13-18(14,15)9-2-8(3-11)16-5-9/h2,5-6,13H,3-4,11H2,1H3. The number of aromatic nitrogens is 1. The Kier molecular flexibility index (Phi) is 4.13. The Morgan fingerprint density at radius 1 is 1.44 bits per heavy atom. The van der Waals surface area contributed by atoms with Crippen molar-refractivity contribution in [3.05, 3.63) is 32.4 Å². The molecule has 0 spiro atoms. The first-order valence-electron chi connectivity index (χ1n) is 5.19. The summed E-state index contributed by atoms with van der Waals surface area (Å²) in [6, 6.07) is 1.60. The van der Waals surface area contributed by atoms with Crippen LogP contribution >= 0.6 is 22.7 Å². The fourth-order valence-electron chi connectivity index (χ4n) is 1.35. The molecule has 0 radical (unpaired) electrons. The van der Waals surface area contributed by atoms with Crippen molar-refractivity contribution in [3.63, 3.8) is 0 Å². The summed E-state index contributed by atoms with van der Waals surface area (Å²) in [6.07, 6.45) is 0. The molecule has 2 aromatic heterocycles. The highest BCUT2D eigenvalue weighted by Gasteiger charge is 2.16. The zero-order valence-electron chi connectivity index (χ0n) is 9.71. The summed E-state index contributed by atoms with van der Waals surface area (Å²) < 4.78 is 26.6. The van der Waals surface area contributed by atoms with Crippen LogP contribution < -0.4 is 10.5 Å². The SMILES string of the molecule is Cc1ncsc1CNS(=O)(=O)c1csc(CN)c1. The maximum Gasteiger partial charge on any atom is 0.241 e. The van der Waals surface area contributed by atoms with Crippen LogP contribution in [0.3, 0.4) is 0 Å². The number of rotatable bonds is 5. The number of sulfonamides is 1. The van der Waals surface area contributed by atoms with E-state index in [1.165, 1.54) is 22.7 Å². The van der Waals surface area contributed by atoms with Gasteiger partial charge in [0.05, 0.1) is 16.1 Å². The lowest BCUT2D eigenvalue weighted by molar-refractivity contribution is 0.582. The molecular formula is C10H13N3O2S3. The molecule has 2 aromatic rings. The number of hydrogen-bond acceptors (Lipinski definition) is 6. The van der Waals surface area contributed by atoms with E-state index in [2.05, 4.69) is 9.71 Å². The number of nitrogens with zero attached hydrogens (tertiary/aromatic N) is 1. The highest BCUT2D eigenvalue weighted by Crippen LogP contribution is 2.19. The maximum atomic E-state index is 12.0. The van der Waals surface area contributed by atoms with Crippen molar-refractivity contribution in [3.8, 4) is 0 Å². The van der Waals surface area contributed by atoms with E-state index in [0.29, 0.717) is 6.54 Å². The molecule has 0 saturated heterocycles. The molecule has 0 atom stereocenters. The molecule has 18 heavy (non-hydrogen) atoms. The van der Waals surface area contributed by atoms with Crippen molar-refractivity contribution in [2.75, 3.05) is 0 Å². The number of nitrogens with one attached hydrogen (secondary N) is 1. The number of thiazole rings is 1. The molecule has 0 saturated carbocycles. The lowest BCUT2D eigenvalue weighted by Gasteiger charge is -2.03. The largest absolute Gasteiger partial charge is 0.326 e. The van der Waals surface area contributed by atoms with E-state index in [0.717, 1.165) is 15.4 Å². The van der Waals surface area contributed by atoms with Gasteiger partial charge in [0.25, 0.3) is 0 Å². The number of thiophene rings is 1. The maximum absolute atomic E-state index is 12.0. The van der Waals surface area contributed by atoms with E-state index in [1.807, 2.05) is 6.92 Å². The third-order valence-electron chi connectivity index (χ3n) is 2.41. The van der Waals surface area contributed by atoms with Gasteiger partial charge in [0, 0.05) is 28.2 Å². The van der Waals surface area contributed by atoms with Crippen molar-refractivity contribution >= 4 is 32.7 Å². The van der Waals surface area contributed by atoms with Gasteiger partial charge < -0.3 is 5.73 Å². The molecule has 8 heteroatoms. The molecule has 0 aliphatic carbocycles. The van der Waals surface area contributed by atoms with Crippen molar-refractivity contribution in [1.82, 2.24) is 9.71 Å². The molecule has 0 bridgehead atoms. The fourth-order valence-corrected chi connectivity index (χ4v) is 4.31. The minimum Gasteiger partial charge on any atom is -0.326 e. The Morgan fingerprint density at radius 3 is 2.78 bits per heavy atom. The lowest BCUT2D eigenvalue weighted by Crippen LogP contribution is -2.22. The first-order valence-corrected chi connectivity index (χ1v) is 8.43. The molecule has 2 rings (SSSR count). The van der Waals surface area contributed by atoms with Crippen LogP contribution in [0.2, 0.25) is 0 Å². The van der Waals surface area contributed by atoms with Crippen molar-refractivity contribution in [2.45, 2.75) is 24.9 Å². The number of nitrogens with two attached hydrogens (primary N) is 1. The highest BCUT2D eigenvalue weighted by atomic mass is 32.2. The van der Waals surface area contributed by atoms with Crippen LogP contribution in [-0.4, -0.2) is 13.4 Å². The van der Waals surface area contributed by atoms with E-state index < -0.39 is 10.0 Å². The average Bonchev–Trinajstić information content (AvgIpc) is 2.95. The van der Waals surface area contributed by atoms with Crippen LogP contribution in [0.4, 0.5) is 0 Å². The van der Waals surface area contributed by atoms with Gasteiger partial charge in [-0.2, -0.15) is 0 Å². The van der Waals surface area contributed by atoms with Gasteiger partial charge in [-0.1, -0.05) is 0 Å². The Labute approximate surface area is 114 Å². The Morgan fingerprint density at radius 2 is 2.22 bits per heavy atom.